The maximum atomic E-state index is 10.7. The summed E-state index contributed by atoms with van der Waals surface area (Å²) in [6, 6.07) is 7.17. The average Bonchev–Trinajstić information content (AvgIpc) is 3.20. The van der Waals surface area contributed by atoms with Crippen LogP contribution in [-0.2, 0) is 13.0 Å². The van der Waals surface area contributed by atoms with Gasteiger partial charge < -0.3 is 14.6 Å². The van der Waals surface area contributed by atoms with Crippen molar-refractivity contribution < 1.29 is 14.4 Å². The minimum Gasteiger partial charge on any atom is -0.358 e. The SMILES string of the molecule is Cc1cc([N+](=O)[O-])nn1CCc1nc(-c2ccc([N+](=O)[O-])cc2)no1. The van der Waals surface area contributed by atoms with E-state index in [0.717, 1.165) is 0 Å². The van der Waals surface area contributed by atoms with Crippen molar-refractivity contribution in [2.24, 2.45) is 0 Å². The maximum absolute atomic E-state index is 10.7. The summed E-state index contributed by atoms with van der Waals surface area (Å²) < 4.78 is 6.64. The number of nitrogens with zero attached hydrogens (tertiary/aromatic N) is 6. The second kappa shape index (κ2) is 6.47. The largest absolute Gasteiger partial charge is 0.390 e. The summed E-state index contributed by atoms with van der Waals surface area (Å²) in [5.41, 5.74) is 1.22. The summed E-state index contributed by atoms with van der Waals surface area (Å²) in [4.78, 5) is 24.5. The van der Waals surface area contributed by atoms with E-state index in [4.69, 9.17) is 4.52 Å². The molecule has 0 radical (unpaired) electrons. The maximum Gasteiger partial charge on any atom is 0.390 e. The average molecular weight is 344 g/mol. The Kier molecular flexibility index (Phi) is 4.20. The molecule has 11 heteroatoms. The van der Waals surface area contributed by atoms with Crippen LogP contribution in [-0.4, -0.2) is 29.8 Å². The second-order valence-electron chi connectivity index (χ2n) is 5.19. The highest BCUT2D eigenvalue weighted by atomic mass is 16.6. The van der Waals surface area contributed by atoms with Crippen molar-refractivity contribution in [3.63, 3.8) is 0 Å². The highest BCUT2D eigenvalue weighted by Gasteiger charge is 2.16. The van der Waals surface area contributed by atoms with Crippen molar-refractivity contribution in [2.75, 3.05) is 0 Å². The first-order valence-electron chi connectivity index (χ1n) is 7.20. The van der Waals surface area contributed by atoms with Gasteiger partial charge in [0.2, 0.25) is 11.7 Å². The van der Waals surface area contributed by atoms with E-state index in [1.807, 2.05) is 0 Å². The van der Waals surface area contributed by atoms with Crippen LogP contribution in [0.25, 0.3) is 11.4 Å². The van der Waals surface area contributed by atoms with E-state index >= 15 is 0 Å². The van der Waals surface area contributed by atoms with E-state index in [-0.39, 0.29) is 11.5 Å². The van der Waals surface area contributed by atoms with E-state index in [2.05, 4.69) is 15.2 Å². The molecule has 11 nitrogen and oxygen atoms in total. The van der Waals surface area contributed by atoms with Gasteiger partial charge in [0.05, 0.1) is 28.3 Å². The van der Waals surface area contributed by atoms with E-state index in [9.17, 15) is 20.2 Å². The third-order valence-electron chi connectivity index (χ3n) is 3.50. The van der Waals surface area contributed by atoms with Crippen LogP contribution in [0, 0.1) is 27.2 Å². The summed E-state index contributed by atoms with van der Waals surface area (Å²) in [5.74, 6) is 0.438. The van der Waals surface area contributed by atoms with Gasteiger partial charge in [0.25, 0.3) is 5.69 Å². The van der Waals surface area contributed by atoms with Crippen molar-refractivity contribution in [3.8, 4) is 11.4 Å². The lowest BCUT2D eigenvalue weighted by molar-refractivity contribution is -0.389. The number of aromatic nitrogens is 4. The number of hydrogen-bond donors (Lipinski definition) is 0. The van der Waals surface area contributed by atoms with E-state index in [0.29, 0.717) is 35.9 Å². The molecular weight excluding hydrogens is 332 g/mol. The lowest BCUT2D eigenvalue weighted by Gasteiger charge is -1.95. The first-order valence-corrected chi connectivity index (χ1v) is 7.20. The van der Waals surface area contributed by atoms with Crippen LogP contribution < -0.4 is 0 Å². The number of hydrogen-bond acceptors (Lipinski definition) is 8. The van der Waals surface area contributed by atoms with Crippen molar-refractivity contribution in [2.45, 2.75) is 19.9 Å². The molecule has 0 N–H and O–H groups in total. The summed E-state index contributed by atoms with van der Waals surface area (Å²) in [7, 11) is 0. The molecular formula is C14H12N6O5. The molecule has 0 aliphatic rings. The minimum absolute atomic E-state index is 0.0248. The predicted octanol–water partition coefficient (Wildman–Crippen LogP) is 2.30. The number of benzene rings is 1. The van der Waals surface area contributed by atoms with E-state index in [1.54, 1.807) is 6.92 Å². The first kappa shape index (κ1) is 16.2. The third kappa shape index (κ3) is 3.49. The van der Waals surface area contributed by atoms with Gasteiger partial charge in [0.1, 0.15) is 0 Å². The van der Waals surface area contributed by atoms with Crippen LogP contribution in [0.15, 0.2) is 34.9 Å². The highest BCUT2D eigenvalue weighted by molar-refractivity contribution is 5.56. The van der Waals surface area contributed by atoms with Crippen molar-refractivity contribution in [3.05, 3.63) is 62.1 Å². The van der Waals surface area contributed by atoms with Crippen LogP contribution in [0.2, 0.25) is 0 Å². The molecule has 3 aromatic rings. The van der Waals surface area contributed by atoms with Crippen molar-refractivity contribution >= 4 is 11.5 Å². The second-order valence-corrected chi connectivity index (χ2v) is 5.19. The van der Waals surface area contributed by atoms with Gasteiger partial charge in [-0.15, -0.1) is 0 Å². The van der Waals surface area contributed by atoms with E-state index in [1.165, 1.54) is 35.0 Å². The molecule has 0 unspecified atom stereocenters. The smallest absolute Gasteiger partial charge is 0.358 e. The Hall–Kier alpha value is -3.63. The van der Waals surface area contributed by atoms with Crippen LogP contribution in [0.5, 0.6) is 0 Å². The Balaban J connectivity index is 1.69. The zero-order valence-electron chi connectivity index (χ0n) is 13.0. The summed E-state index contributed by atoms with van der Waals surface area (Å²) in [6.07, 6.45) is 0.347. The number of rotatable bonds is 6. The van der Waals surface area contributed by atoms with Gasteiger partial charge >= 0.3 is 5.82 Å². The lowest BCUT2D eigenvalue weighted by Crippen LogP contribution is -2.05. The molecule has 0 bridgehead atoms. The van der Waals surface area contributed by atoms with E-state index < -0.39 is 9.85 Å². The molecule has 2 aromatic heterocycles. The van der Waals surface area contributed by atoms with Gasteiger partial charge in [0, 0.05) is 24.1 Å². The number of aryl methyl sites for hydroxylation is 3. The minimum atomic E-state index is -0.553. The van der Waals surface area contributed by atoms with Crippen molar-refractivity contribution in [1.29, 1.82) is 0 Å². The Bertz CT molecular complexity index is 930. The van der Waals surface area contributed by atoms with Gasteiger partial charge in [0.15, 0.2) is 0 Å². The molecule has 3 rings (SSSR count). The summed E-state index contributed by atoms with van der Waals surface area (Å²) >= 11 is 0. The zero-order valence-corrected chi connectivity index (χ0v) is 13.0. The Labute approximate surface area is 140 Å². The molecule has 1 aromatic carbocycles. The van der Waals surface area contributed by atoms with Gasteiger partial charge in [-0.3, -0.25) is 10.1 Å². The first-order chi connectivity index (χ1) is 11.9. The molecule has 0 saturated heterocycles. The molecule has 0 aliphatic heterocycles. The third-order valence-corrected chi connectivity index (χ3v) is 3.50. The van der Waals surface area contributed by atoms with Crippen LogP contribution in [0.1, 0.15) is 11.6 Å². The Morgan fingerprint density at radius 3 is 2.48 bits per heavy atom. The quantitative estimate of drug-likeness (QED) is 0.489. The Morgan fingerprint density at radius 2 is 1.88 bits per heavy atom. The van der Waals surface area contributed by atoms with Crippen LogP contribution in [0.3, 0.4) is 0 Å². The number of nitro benzene ring substituents is 1. The van der Waals surface area contributed by atoms with Gasteiger partial charge in [-0.25, -0.2) is 0 Å². The molecule has 128 valence electrons. The molecule has 0 saturated carbocycles. The Morgan fingerprint density at radius 1 is 1.16 bits per heavy atom. The lowest BCUT2D eigenvalue weighted by atomic mass is 10.2. The fourth-order valence-corrected chi connectivity index (χ4v) is 2.22. The molecule has 0 spiro atoms. The fraction of sp³-hybridized carbons (Fsp3) is 0.214. The molecule has 0 amide bonds. The molecule has 0 atom stereocenters. The summed E-state index contributed by atoms with van der Waals surface area (Å²) in [6.45, 7) is 2.07. The molecule has 0 fully saturated rings. The normalized spacial score (nSPS) is 10.8. The number of non-ortho nitro benzene ring substituents is 1. The predicted molar refractivity (Wildman–Crippen MR) is 83.7 cm³/mol. The zero-order chi connectivity index (χ0) is 18.0. The van der Waals surface area contributed by atoms with Gasteiger partial charge in [-0.2, -0.15) is 9.67 Å². The standard InChI is InChI=1S/C14H12N6O5/c1-9-8-12(20(23)24)16-18(9)7-6-13-15-14(17-25-13)10-2-4-11(5-3-10)19(21)22/h2-5,8H,6-7H2,1H3. The van der Waals surface area contributed by atoms with Gasteiger partial charge in [-0.1, -0.05) is 5.16 Å². The number of nitro groups is 2. The van der Waals surface area contributed by atoms with Crippen LogP contribution in [0.4, 0.5) is 11.5 Å². The fourth-order valence-electron chi connectivity index (χ4n) is 2.22. The van der Waals surface area contributed by atoms with Gasteiger partial charge in [-0.05, 0) is 24.0 Å². The topological polar surface area (TPSA) is 143 Å². The highest BCUT2D eigenvalue weighted by Crippen LogP contribution is 2.20. The molecule has 2 heterocycles. The molecule has 0 aliphatic carbocycles. The monoisotopic (exact) mass is 344 g/mol. The molecule has 25 heavy (non-hydrogen) atoms. The summed E-state index contributed by atoms with van der Waals surface area (Å²) in [5, 5.41) is 29.1. The van der Waals surface area contributed by atoms with Crippen LogP contribution >= 0.6 is 0 Å². The van der Waals surface area contributed by atoms with Crippen molar-refractivity contribution in [1.82, 2.24) is 19.9 Å².